The fourth-order valence-corrected chi connectivity index (χ4v) is 3.06. The number of rotatable bonds is 6. The zero-order valence-electron chi connectivity index (χ0n) is 13.4. The number of hydrogen-bond acceptors (Lipinski definition) is 4. The van der Waals surface area contributed by atoms with Gasteiger partial charge in [-0.2, -0.15) is 8.78 Å². The van der Waals surface area contributed by atoms with E-state index >= 15 is 0 Å². The minimum Gasteiger partial charge on any atom is -0.435 e. The maximum absolute atomic E-state index is 12.6. The molecule has 0 aliphatic carbocycles. The first-order valence-corrected chi connectivity index (χ1v) is 8.47. The van der Waals surface area contributed by atoms with Gasteiger partial charge < -0.3 is 10.1 Å². The average Bonchev–Trinajstić information content (AvgIpc) is 2.64. The van der Waals surface area contributed by atoms with E-state index in [1.54, 1.807) is 18.3 Å². The molecule has 0 fully saturated rings. The molecule has 0 unspecified atom stereocenters. The number of benzene rings is 2. The molecular weight excluding hydrogens is 358 g/mol. The summed E-state index contributed by atoms with van der Waals surface area (Å²) in [5.74, 6) is -0.307. The molecule has 0 atom stereocenters. The Balaban J connectivity index is 1.74. The number of carbonyl (C=O) groups excluding carboxylic acids is 1. The molecule has 0 saturated carbocycles. The van der Waals surface area contributed by atoms with E-state index < -0.39 is 6.61 Å². The molecule has 4 nitrogen and oxygen atoms in total. The fourth-order valence-electron chi connectivity index (χ4n) is 2.16. The molecule has 0 bridgehead atoms. The number of amides is 1. The minimum absolute atomic E-state index is 0.0275. The summed E-state index contributed by atoms with van der Waals surface area (Å²) >= 11 is 1.39. The summed E-state index contributed by atoms with van der Waals surface area (Å²) in [5.41, 5.74) is 0.894. The van der Waals surface area contributed by atoms with Crippen LogP contribution in [0, 0.1) is 0 Å². The molecule has 0 aliphatic rings. The summed E-state index contributed by atoms with van der Waals surface area (Å²) in [5, 5.41) is 3.31. The Bertz CT molecular complexity index is 874. The zero-order chi connectivity index (χ0) is 18.4. The van der Waals surface area contributed by atoms with Gasteiger partial charge in [0.15, 0.2) is 0 Å². The largest absolute Gasteiger partial charge is 0.435 e. The molecule has 0 radical (unpaired) electrons. The highest BCUT2D eigenvalue weighted by atomic mass is 32.2. The van der Waals surface area contributed by atoms with Gasteiger partial charge in [0.1, 0.15) is 10.8 Å². The second-order valence-corrected chi connectivity index (χ2v) is 6.19. The first kappa shape index (κ1) is 17.9. The molecule has 1 aromatic heterocycles. The van der Waals surface area contributed by atoms with Gasteiger partial charge in [-0.05, 0) is 48.5 Å². The highest BCUT2D eigenvalue weighted by molar-refractivity contribution is 7.99. The number of nitrogens with zero attached hydrogens (tertiary/aromatic N) is 1. The Kier molecular flexibility index (Phi) is 5.80. The van der Waals surface area contributed by atoms with Gasteiger partial charge in [-0.3, -0.25) is 4.79 Å². The summed E-state index contributed by atoms with van der Waals surface area (Å²) in [6.45, 7) is -2.89. The fraction of sp³-hybridized carbons (Fsp3) is 0.0526. The maximum atomic E-state index is 12.6. The van der Waals surface area contributed by atoms with Crippen molar-refractivity contribution < 1.29 is 18.3 Å². The van der Waals surface area contributed by atoms with Crippen LogP contribution in [0.1, 0.15) is 10.4 Å². The monoisotopic (exact) mass is 372 g/mol. The lowest BCUT2D eigenvalue weighted by Gasteiger charge is -2.10. The van der Waals surface area contributed by atoms with E-state index in [9.17, 15) is 13.6 Å². The highest BCUT2D eigenvalue weighted by Gasteiger charge is 2.14. The lowest BCUT2D eigenvalue weighted by molar-refractivity contribution is -0.0498. The van der Waals surface area contributed by atoms with Gasteiger partial charge in [0, 0.05) is 16.8 Å². The van der Waals surface area contributed by atoms with Crippen molar-refractivity contribution in [2.75, 3.05) is 5.32 Å². The average molecular weight is 372 g/mol. The normalized spacial score (nSPS) is 10.6. The summed E-state index contributed by atoms with van der Waals surface area (Å²) in [7, 11) is 0. The van der Waals surface area contributed by atoms with Gasteiger partial charge in [0.05, 0.1) is 5.56 Å². The van der Waals surface area contributed by atoms with E-state index in [0.29, 0.717) is 16.3 Å². The van der Waals surface area contributed by atoms with Crippen LogP contribution in [0.25, 0.3) is 0 Å². The number of aromatic nitrogens is 1. The molecule has 26 heavy (non-hydrogen) atoms. The van der Waals surface area contributed by atoms with Crippen molar-refractivity contribution in [3.63, 3.8) is 0 Å². The molecule has 1 N–H and O–H groups in total. The van der Waals surface area contributed by atoms with Gasteiger partial charge in [-0.1, -0.05) is 30.0 Å². The van der Waals surface area contributed by atoms with E-state index in [2.05, 4.69) is 15.0 Å². The third kappa shape index (κ3) is 4.80. The molecule has 132 valence electrons. The number of anilines is 1. The Morgan fingerprint density at radius 1 is 1.00 bits per heavy atom. The third-order valence-electron chi connectivity index (χ3n) is 3.31. The Morgan fingerprint density at radius 2 is 1.73 bits per heavy atom. The summed E-state index contributed by atoms with van der Waals surface area (Å²) < 4.78 is 28.6. The van der Waals surface area contributed by atoms with Crippen molar-refractivity contribution >= 4 is 23.4 Å². The standard InChI is InChI=1S/C19H14F2N2O2S/c20-19(21)25-14-10-8-13(9-11-14)23-17(24)16-7-4-12-22-18(16)26-15-5-2-1-3-6-15/h1-12,19H,(H,23,24). The topological polar surface area (TPSA) is 51.2 Å². The van der Waals surface area contributed by atoms with Crippen molar-refractivity contribution in [1.82, 2.24) is 4.98 Å². The number of hydrogen-bond donors (Lipinski definition) is 1. The zero-order valence-corrected chi connectivity index (χ0v) is 14.2. The number of halogens is 2. The molecule has 2 aromatic carbocycles. The van der Waals surface area contributed by atoms with Gasteiger partial charge >= 0.3 is 6.61 Å². The first-order valence-electron chi connectivity index (χ1n) is 7.66. The molecule has 1 heterocycles. The van der Waals surface area contributed by atoms with Crippen LogP contribution in [-0.2, 0) is 0 Å². The van der Waals surface area contributed by atoms with E-state index in [0.717, 1.165) is 4.90 Å². The molecular formula is C19H14F2N2O2S. The SMILES string of the molecule is O=C(Nc1ccc(OC(F)F)cc1)c1cccnc1Sc1ccccc1. The van der Waals surface area contributed by atoms with E-state index in [1.807, 2.05) is 30.3 Å². The maximum Gasteiger partial charge on any atom is 0.387 e. The molecule has 0 spiro atoms. The van der Waals surface area contributed by atoms with E-state index in [1.165, 1.54) is 36.0 Å². The van der Waals surface area contributed by atoms with Crippen molar-refractivity contribution in [2.45, 2.75) is 16.5 Å². The number of alkyl halides is 2. The Hall–Kier alpha value is -2.93. The molecule has 3 rings (SSSR count). The number of pyridine rings is 1. The highest BCUT2D eigenvalue weighted by Crippen LogP contribution is 2.29. The van der Waals surface area contributed by atoms with Gasteiger partial charge in [-0.25, -0.2) is 4.98 Å². The Labute approximate surface area is 153 Å². The van der Waals surface area contributed by atoms with E-state index in [4.69, 9.17) is 0 Å². The van der Waals surface area contributed by atoms with Gasteiger partial charge in [0.25, 0.3) is 5.91 Å². The van der Waals surface area contributed by atoms with E-state index in [-0.39, 0.29) is 11.7 Å². The molecule has 0 aliphatic heterocycles. The predicted molar refractivity (Wildman–Crippen MR) is 95.8 cm³/mol. The number of carbonyl (C=O) groups is 1. The van der Waals surface area contributed by atoms with Crippen molar-refractivity contribution in [1.29, 1.82) is 0 Å². The van der Waals surface area contributed by atoms with Crippen LogP contribution in [-0.4, -0.2) is 17.5 Å². The van der Waals surface area contributed by atoms with Crippen LogP contribution in [0.15, 0.2) is 82.8 Å². The molecule has 0 saturated heterocycles. The predicted octanol–water partition coefficient (Wildman–Crippen LogP) is 5.09. The quantitative estimate of drug-likeness (QED) is 0.655. The lowest BCUT2D eigenvalue weighted by atomic mass is 10.2. The van der Waals surface area contributed by atoms with Crippen LogP contribution in [0.5, 0.6) is 5.75 Å². The summed E-state index contributed by atoms with van der Waals surface area (Å²) in [6, 6.07) is 18.7. The summed E-state index contributed by atoms with van der Waals surface area (Å²) in [6.07, 6.45) is 1.62. The van der Waals surface area contributed by atoms with Crippen LogP contribution in [0.3, 0.4) is 0 Å². The van der Waals surface area contributed by atoms with Crippen molar-refractivity contribution in [3.05, 3.63) is 78.5 Å². The summed E-state index contributed by atoms with van der Waals surface area (Å²) in [4.78, 5) is 17.8. The Morgan fingerprint density at radius 3 is 2.42 bits per heavy atom. The third-order valence-corrected chi connectivity index (χ3v) is 4.34. The first-order chi connectivity index (χ1) is 12.6. The van der Waals surface area contributed by atoms with Crippen LogP contribution in [0.4, 0.5) is 14.5 Å². The molecule has 7 heteroatoms. The van der Waals surface area contributed by atoms with Crippen LogP contribution < -0.4 is 10.1 Å². The smallest absolute Gasteiger partial charge is 0.387 e. The van der Waals surface area contributed by atoms with Gasteiger partial charge in [0.2, 0.25) is 0 Å². The lowest BCUT2D eigenvalue weighted by Crippen LogP contribution is -2.13. The second-order valence-electron chi connectivity index (χ2n) is 5.13. The van der Waals surface area contributed by atoms with Crippen LogP contribution in [0.2, 0.25) is 0 Å². The van der Waals surface area contributed by atoms with Crippen molar-refractivity contribution in [3.8, 4) is 5.75 Å². The number of nitrogens with one attached hydrogen (secondary N) is 1. The number of ether oxygens (including phenoxy) is 1. The van der Waals surface area contributed by atoms with Crippen LogP contribution >= 0.6 is 11.8 Å². The second kappa shape index (κ2) is 8.44. The molecule has 1 amide bonds. The van der Waals surface area contributed by atoms with Crippen molar-refractivity contribution in [2.24, 2.45) is 0 Å². The molecule has 3 aromatic rings. The minimum atomic E-state index is -2.89. The van der Waals surface area contributed by atoms with Gasteiger partial charge in [-0.15, -0.1) is 0 Å².